The standard InChI is InChI=1S/C18H17N7O2/c26-17(14-10-16-19-4-3-7-25(16)23-14)20-13-8-11-12(22-18(27)21-11)9-15(13)24-5-1-2-6-24/h3-4,7-10H,1-2,5-6H2,(H,20,26)(H2,21,22,27). The molecule has 136 valence electrons. The van der Waals surface area contributed by atoms with Gasteiger partial charge in [-0.2, -0.15) is 5.10 Å². The predicted octanol–water partition coefficient (Wildman–Crippen LogP) is 1.75. The fourth-order valence-corrected chi connectivity index (χ4v) is 3.52. The van der Waals surface area contributed by atoms with Gasteiger partial charge in [0.2, 0.25) is 0 Å². The first kappa shape index (κ1) is 15.6. The zero-order valence-corrected chi connectivity index (χ0v) is 14.4. The molecule has 0 unspecified atom stereocenters. The summed E-state index contributed by atoms with van der Waals surface area (Å²) >= 11 is 0. The Labute approximate surface area is 153 Å². The van der Waals surface area contributed by atoms with Gasteiger partial charge in [0.05, 0.1) is 22.4 Å². The maximum absolute atomic E-state index is 12.8. The third-order valence-corrected chi connectivity index (χ3v) is 4.80. The maximum atomic E-state index is 12.8. The van der Waals surface area contributed by atoms with Crippen molar-refractivity contribution < 1.29 is 4.79 Å². The Kier molecular flexibility index (Phi) is 3.46. The Hall–Kier alpha value is -3.62. The van der Waals surface area contributed by atoms with Gasteiger partial charge in [0.25, 0.3) is 5.91 Å². The van der Waals surface area contributed by atoms with E-state index in [0.717, 1.165) is 37.1 Å². The summed E-state index contributed by atoms with van der Waals surface area (Å²) in [5.74, 6) is -0.321. The van der Waals surface area contributed by atoms with E-state index in [1.807, 2.05) is 6.07 Å². The maximum Gasteiger partial charge on any atom is 0.323 e. The number of nitrogens with one attached hydrogen (secondary N) is 3. The van der Waals surface area contributed by atoms with Crippen molar-refractivity contribution in [3.8, 4) is 0 Å². The number of amides is 1. The number of fused-ring (bicyclic) bond motifs is 2. The van der Waals surface area contributed by atoms with E-state index in [1.165, 1.54) is 0 Å². The van der Waals surface area contributed by atoms with E-state index in [-0.39, 0.29) is 17.3 Å². The zero-order valence-electron chi connectivity index (χ0n) is 14.4. The monoisotopic (exact) mass is 363 g/mol. The highest BCUT2D eigenvalue weighted by atomic mass is 16.2. The van der Waals surface area contributed by atoms with Crippen LogP contribution < -0.4 is 15.9 Å². The number of rotatable bonds is 3. The van der Waals surface area contributed by atoms with Crippen LogP contribution in [0.5, 0.6) is 0 Å². The molecule has 3 N–H and O–H groups in total. The molecule has 1 aliphatic heterocycles. The summed E-state index contributed by atoms with van der Waals surface area (Å²) in [5.41, 5.74) is 3.52. The van der Waals surface area contributed by atoms with Gasteiger partial charge in [-0.15, -0.1) is 0 Å². The highest BCUT2D eigenvalue weighted by Crippen LogP contribution is 2.32. The highest BCUT2D eigenvalue weighted by Gasteiger charge is 2.20. The minimum atomic E-state index is -0.321. The predicted molar refractivity (Wildman–Crippen MR) is 101 cm³/mol. The average Bonchev–Trinajstić information content (AvgIpc) is 3.39. The van der Waals surface area contributed by atoms with Gasteiger partial charge < -0.3 is 20.2 Å². The summed E-state index contributed by atoms with van der Waals surface area (Å²) in [6, 6.07) is 7.08. The van der Waals surface area contributed by atoms with Crippen LogP contribution in [0.2, 0.25) is 0 Å². The van der Waals surface area contributed by atoms with Crippen molar-refractivity contribution in [3.63, 3.8) is 0 Å². The second kappa shape index (κ2) is 5.97. The summed E-state index contributed by atoms with van der Waals surface area (Å²) in [7, 11) is 0. The van der Waals surface area contributed by atoms with Gasteiger partial charge in [-0.3, -0.25) is 4.79 Å². The number of hydrogen-bond acceptors (Lipinski definition) is 5. The summed E-state index contributed by atoms with van der Waals surface area (Å²) in [4.78, 5) is 36.3. The average molecular weight is 363 g/mol. The van der Waals surface area contributed by atoms with E-state index in [0.29, 0.717) is 16.9 Å². The number of H-pyrrole nitrogens is 2. The van der Waals surface area contributed by atoms with Crippen LogP contribution in [0.25, 0.3) is 16.7 Å². The fourth-order valence-electron chi connectivity index (χ4n) is 3.52. The minimum absolute atomic E-state index is 0.271. The van der Waals surface area contributed by atoms with Gasteiger partial charge in [-0.1, -0.05) is 0 Å². The van der Waals surface area contributed by atoms with Crippen LogP contribution in [-0.2, 0) is 0 Å². The number of benzene rings is 1. The van der Waals surface area contributed by atoms with Crippen molar-refractivity contribution in [2.24, 2.45) is 0 Å². The van der Waals surface area contributed by atoms with Gasteiger partial charge in [-0.25, -0.2) is 14.3 Å². The second-order valence-corrected chi connectivity index (χ2v) is 6.59. The molecule has 4 aromatic rings. The van der Waals surface area contributed by atoms with Crippen LogP contribution in [0, 0.1) is 0 Å². The van der Waals surface area contributed by atoms with Crippen molar-refractivity contribution in [1.82, 2.24) is 24.6 Å². The number of nitrogens with zero attached hydrogens (tertiary/aromatic N) is 4. The molecule has 1 aliphatic rings. The molecule has 1 aromatic carbocycles. The topological polar surface area (TPSA) is 111 Å². The number of hydrogen-bond donors (Lipinski definition) is 3. The molecule has 27 heavy (non-hydrogen) atoms. The summed E-state index contributed by atoms with van der Waals surface area (Å²) in [6.45, 7) is 1.84. The normalized spacial score (nSPS) is 14.3. The molecule has 4 heterocycles. The van der Waals surface area contributed by atoms with E-state index in [1.54, 1.807) is 35.1 Å². The number of anilines is 2. The third-order valence-electron chi connectivity index (χ3n) is 4.80. The van der Waals surface area contributed by atoms with Gasteiger partial charge in [-0.05, 0) is 31.0 Å². The van der Waals surface area contributed by atoms with E-state index >= 15 is 0 Å². The molecule has 0 saturated carbocycles. The van der Waals surface area contributed by atoms with Crippen LogP contribution in [0.1, 0.15) is 23.3 Å². The molecule has 9 nitrogen and oxygen atoms in total. The van der Waals surface area contributed by atoms with Crippen LogP contribution in [0.15, 0.2) is 41.5 Å². The van der Waals surface area contributed by atoms with E-state index < -0.39 is 0 Å². The molecule has 0 radical (unpaired) electrons. The lowest BCUT2D eigenvalue weighted by Gasteiger charge is -2.21. The van der Waals surface area contributed by atoms with Crippen molar-refractivity contribution >= 4 is 34.0 Å². The molecule has 0 aliphatic carbocycles. The molecular weight excluding hydrogens is 346 g/mol. The van der Waals surface area contributed by atoms with Gasteiger partial charge >= 0.3 is 5.69 Å². The Morgan fingerprint density at radius 1 is 1.11 bits per heavy atom. The molecule has 1 fully saturated rings. The molecule has 0 bridgehead atoms. The minimum Gasteiger partial charge on any atom is -0.370 e. The summed E-state index contributed by atoms with van der Waals surface area (Å²) in [5, 5.41) is 7.21. The molecule has 5 rings (SSSR count). The molecule has 9 heteroatoms. The molecule has 0 atom stereocenters. The largest absolute Gasteiger partial charge is 0.370 e. The number of carbonyl (C=O) groups excluding carboxylic acids is 1. The number of aromatic nitrogens is 5. The van der Waals surface area contributed by atoms with Crippen LogP contribution in [-0.4, -0.2) is 43.6 Å². The summed E-state index contributed by atoms with van der Waals surface area (Å²) in [6.07, 6.45) is 5.60. The summed E-state index contributed by atoms with van der Waals surface area (Å²) < 4.78 is 1.56. The second-order valence-electron chi connectivity index (χ2n) is 6.59. The first-order valence-corrected chi connectivity index (χ1v) is 8.80. The lowest BCUT2D eigenvalue weighted by atomic mass is 10.2. The van der Waals surface area contributed by atoms with Gasteiger partial charge in [0.1, 0.15) is 0 Å². The van der Waals surface area contributed by atoms with E-state index in [4.69, 9.17) is 0 Å². The van der Waals surface area contributed by atoms with Crippen molar-refractivity contribution in [2.75, 3.05) is 23.3 Å². The van der Waals surface area contributed by atoms with Crippen molar-refractivity contribution in [2.45, 2.75) is 12.8 Å². The molecule has 1 saturated heterocycles. The van der Waals surface area contributed by atoms with Crippen LogP contribution in [0.3, 0.4) is 0 Å². The first-order valence-electron chi connectivity index (χ1n) is 8.80. The van der Waals surface area contributed by atoms with Crippen molar-refractivity contribution in [1.29, 1.82) is 0 Å². The highest BCUT2D eigenvalue weighted by molar-refractivity contribution is 6.06. The lowest BCUT2D eigenvalue weighted by Crippen LogP contribution is -2.21. The molecule has 0 spiro atoms. The quantitative estimate of drug-likeness (QED) is 0.513. The van der Waals surface area contributed by atoms with Gasteiger partial charge in [0.15, 0.2) is 11.3 Å². The van der Waals surface area contributed by atoms with Crippen molar-refractivity contribution in [3.05, 3.63) is 52.8 Å². The lowest BCUT2D eigenvalue weighted by molar-refractivity contribution is 0.102. The Bertz CT molecular complexity index is 1180. The molecule has 3 aromatic heterocycles. The number of carbonyl (C=O) groups is 1. The van der Waals surface area contributed by atoms with Gasteiger partial charge in [0, 0.05) is 31.5 Å². The fraction of sp³-hybridized carbons (Fsp3) is 0.222. The number of imidazole rings is 1. The Morgan fingerprint density at radius 2 is 1.89 bits per heavy atom. The molecular formula is C18H17N7O2. The first-order chi connectivity index (χ1) is 13.2. The number of aromatic amines is 2. The third kappa shape index (κ3) is 2.73. The zero-order chi connectivity index (χ0) is 18.4. The van der Waals surface area contributed by atoms with E-state index in [2.05, 4.69) is 30.3 Å². The van der Waals surface area contributed by atoms with Crippen LogP contribution >= 0.6 is 0 Å². The Morgan fingerprint density at radius 3 is 2.67 bits per heavy atom. The SMILES string of the molecule is O=C(Nc1cc2[nH]c(=O)[nH]c2cc1N1CCCC1)c1cc2ncccn2n1. The van der Waals surface area contributed by atoms with E-state index in [9.17, 15) is 9.59 Å². The smallest absolute Gasteiger partial charge is 0.323 e. The molecule has 1 amide bonds. The van der Waals surface area contributed by atoms with Crippen LogP contribution in [0.4, 0.5) is 11.4 Å². The Balaban J connectivity index is 1.55.